The van der Waals surface area contributed by atoms with E-state index in [2.05, 4.69) is 34.6 Å². The predicted octanol–water partition coefficient (Wildman–Crippen LogP) is 5.18. The van der Waals surface area contributed by atoms with Crippen molar-refractivity contribution in [2.45, 2.75) is 53.9 Å². The van der Waals surface area contributed by atoms with Gasteiger partial charge in [-0.15, -0.1) is 0 Å². The minimum absolute atomic E-state index is 0.0153. The summed E-state index contributed by atoms with van der Waals surface area (Å²) in [5, 5.41) is 11.5. The lowest BCUT2D eigenvalue weighted by molar-refractivity contribution is -0.385. The molecule has 0 aliphatic heterocycles. The van der Waals surface area contributed by atoms with Gasteiger partial charge in [0, 0.05) is 5.56 Å². The zero-order valence-corrected chi connectivity index (χ0v) is 15.3. The van der Waals surface area contributed by atoms with Gasteiger partial charge < -0.3 is 9.47 Å². The molecule has 0 aliphatic carbocycles. The Morgan fingerprint density at radius 3 is 2.22 bits per heavy atom. The van der Waals surface area contributed by atoms with E-state index in [0.29, 0.717) is 29.6 Å². The van der Waals surface area contributed by atoms with Gasteiger partial charge in [-0.2, -0.15) is 0 Å². The van der Waals surface area contributed by atoms with Crippen molar-refractivity contribution in [1.29, 1.82) is 0 Å². The van der Waals surface area contributed by atoms with E-state index in [4.69, 9.17) is 9.47 Å². The van der Waals surface area contributed by atoms with Crippen molar-refractivity contribution in [1.82, 2.24) is 0 Å². The Balaban J connectivity index is 3.26. The van der Waals surface area contributed by atoms with E-state index in [1.807, 2.05) is 6.92 Å². The summed E-state index contributed by atoms with van der Waals surface area (Å²) in [6.45, 7) is 12.9. The molecular weight excluding hydrogens is 294 g/mol. The summed E-state index contributed by atoms with van der Waals surface area (Å²) in [6.07, 6.45) is 0.886. The van der Waals surface area contributed by atoms with Gasteiger partial charge >= 0.3 is 0 Å². The monoisotopic (exact) mass is 323 g/mol. The van der Waals surface area contributed by atoms with E-state index in [1.54, 1.807) is 13.2 Å². The van der Waals surface area contributed by atoms with Gasteiger partial charge in [0.05, 0.1) is 24.7 Å². The van der Waals surface area contributed by atoms with Crippen LogP contribution in [-0.4, -0.2) is 18.6 Å². The van der Waals surface area contributed by atoms with Crippen molar-refractivity contribution in [3.63, 3.8) is 0 Å². The predicted molar refractivity (Wildman–Crippen MR) is 92.5 cm³/mol. The van der Waals surface area contributed by atoms with Crippen molar-refractivity contribution in [2.24, 2.45) is 11.3 Å². The highest BCUT2D eigenvalue weighted by Crippen LogP contribution is 2.43. The largest absolute Gasteiger partial charge is 0.493 e. The molecule has 0 radical (unpaired) electrons. The van der Waals surface area contributed by atoms with E-state index in [-0.39, 0.29) is 21.9 Å². The molecule has 23 heavy (non-hydrogen) atoms. The molecule has 1 aromatic carbocycles. The molecule has 130 valence electrons. The summed E-state index contributed by atoms with van der Waals surface area (Å²) >= 11 is 0. The van der Waals surface area contributed by atoms with Crippen LogP contribution in [0, 0.1) is 21.4 Å². The first-order chi connectivity index (χ1) is 10.6. The number of benzene rings is 1. The molecule has 0 amide bonds. The summed E-state index contributed by atoms with van der Waals surface area (Å²) in [5.74, 6) is 1.51. The summed E-state index contributed by atoms with van der Waals surface area (Å²) < 4.78 is 11.1. The Labute approximate surface area is 139 Å². The van der Waals surface area contributed by atoms with Gasteiger partial charge in [-0.1, -0.05) is 41.5 Å². The number of nitrogens with zero attached hydrogens (tertiary/aromatic N) is 1. The van der Waals surface area contributed by atoms with Gasteiger partial charge in [0.15, 0.2) is 11.5 Å². The average molecular weight is 323 g/mol. The Bertz CT molecular complexity index is 547. The molecule has 0 saturated heterocycles. The lowest BCUT2D eigenvalue weighted by atomic mass is 9.77. The molecule has 0 bridgehead atoms. The number of hydrogen-bond acceptors (Lipinski definition) is 4. The van der Waals surface area contributed by atoms with Gasteiger partial charge in [0.2, 0.25) is 0 Å². The molecule has 0 heterocycles. The number of nitro benzene ring substituents is 1. The van der Waals surface area contributed by atoms with Crippen LogP contribution in [0.15, 0.2) is 12.1 Å². The van der Waals surface area contributed by atoms with Crippen molar-refractivity contribution in [3.8, 4) is 11.5 Å². The van der Waals surface area contributed by atoms with Crippen molar-refractivity contribution in [2.75, 3.05) is 13.7 Å². The van der Waals surface area contributed by atoms with E-state index in [9.17, 15) is 10.1 Å². The highest BCUT2D eigenvalue weighted by molar-refractivity contribution is 5.55. The fourth-order valence-corrected chi connectivity index (χ4v) is 2.21. The third-order valence-electron chi connectivity index (χ3n) is 4.23. The van der Waals surface area contributed by atoms with E-state index < -0.39 is 0 Å². The van der Waals surface area contributed by atoms with Crippen LogP contribution >= 0.6 is 0 Å². The van der Waals surface area contributed by atoms with Crippen molar-refractivity contribution in [3.05, 3.63) is 27.8 Å². The van der Waals surface area contributed by atoms with Gasteiger partial charge in [-0.05, 0) is 29.7 Å². The summed E-state index contributed by atoms with van der Waals surface area (Å²) in [7, 11) is 1.56. The summed E-state index contributed by atoms with van der Waals surface area (Å²) in [4.78, 5) is 11.2. The highest BCUT2D eigenvalue weighted by Gasteiger charge is 2.30. The molecular formula is C18H29NO4. The van der Waals surface area contributed by atoms with Crippen LogP contribution < -0.4 is 9.47 Å². The number of methoxy groups -OCH3 is 1. The number of hydrogen-bond donors (Lipinski definition) is 0. The highest BCUT2D eigenvalue weighted by atomic mass is 16.6. The first kappa shape index (κ1) is 19.3. The zero-order chi connectivity index (χ0) is 17.8. The minimum atomic E-state index is -0.341. The third-order valence-corrected chi connectivity index (χ3v) is 4.23. The second-order valence-corrected chi connectivity index (χ2v) is 7.44. The van der Waals surface area contributed by atoms with Crippen LogP contribution in [0.5, 0.6) is 11.5 Å². The Kier molecular flexibility index (Phi) is 6.42. The van der Waals surface area contributed by atoms with Crippen LogP contribution in [0.3, 0.4) is 0 Å². The number of nitro groups is 1. The lowest BCUT2D eigenvalue weighted by Crippen LogP contribution is -2.17. The summed E-state index contributed by atoms with van der Waals surface area (Å²) in [5.41, 5.74) is 0.679. The first-order valence-corrected chi connectivity index (χ1v) is 8.07. The second kappa shape index (κ2) is 7.66. The Morgan fingerprint density at radius 1 is 1.17 bits per heavy atom. The van der Waals surface area contributed by atoms with Crippen LogP contribution in [0.25, 0.3) is 0 Å². The maximum Gasteiger partial charge on any atom is 0.276 e. The van der Waals surface area contributed by atoms with Crippen molar-refractivity contribution >= 4 is 5.69 Å². The fraction of sp³-hybridized carbons (Fsp3) is 0.667. The molecule has 1 atom stereocenters. The SMILES string of the molecule is COc1cc(C(C)C(C)(C)C)c([N+](=O)[O-])cc1OCCC(C)C. The molecule has 0 aromatic heterocycles. The molecule has 0 saturated carbocycles. The standard InChI is InChI=1S/C18H29NO4/c1-12(2)8-9-23-17-11-15(19(20)21)14(10-16(17)22-7)13(3)18(4,5)6/h10-13H,8-9H2,1-7H3. The van der Waals surface area contributed by atoms with E-state index >= 15 is 0 Å². The van der Waals surface area contributed by atoms with Crippen LogP contribution in [0.4, 0.5) is 5.69 Å². The molecule has 0 fully saturated rings. The summed E-state index contributed by atoms with van der Waals surface area (Å²) in [6, 6.07) is 3.25. The Morgan fingerprint density at radius 2 is 1.78 bits per heavy atom. The van der Waals surface area contributed by atoms with E-state index in [1.165, 1.54) is 6.07 Å². The van der Waals surface area contributed by atoms with Crippen LogP contribution in [-0.2, 0) is 0 Å². The maximum absolute atomic E-state index is 11.5. The second-order valence-electron chi connectivity index (χ2n) is 7.44. The zero-order valence-electron chi connectivity index (χ0n) is 15.3. The Hall–Kier alpha value is -1.78. The number of rotatable bonds is 7. The first-order valence-electron chi connectivity index (χ1n) is 8.07. The minimum Gasteiger partial charge on any atom is -0.493 e. The van der Waals surface area contributed by atoms with E-state index in [0.717, 1.165) is 6.42 Å². The molecule has 0 spiro atoms. The normalized spacial score (nSPS) is 13.0. The maximum atomic E-state index is 11.5. The molecule has 5 nitrogen and oxygen atoms in total. The molecule has 0 aliphatic rings. The topological polar surface area (TPSA) is 61.6 Å². The molecule has 5 heteroatoms. The smallest absolute Gasteiger partial charge is 0.276 e. The van der Waals surface area contributed by atoms with Crippen LogP contribution in [0.1, 0.15) is 59.4 Å². The fourth-order valence-electron chi connectivity index (χ4n) is 2.21. The quantitative estimate of drug-likeness (QED) is 0.512. The van der Waals surface area contributed by atoms with Gasteiger partial charge in [-0.3, -0.25) is 10.1 Å². The van der Waals surface area contributed by atoms with Gasteiger partial charge in [0.1, 0.15) is 0 Å². The van der Waals surface area contributed by atoms with Gasteiger partial charge in [-0.25, -0.2) is 0 Å². The molecule has 1 unspecified atom stereocenters. The molecule has 0 N–H and O–H groups in total. The van der Waals surface area contributed by atoms with Gasteiger partial charge in [0.25, 0.3) is 5.69 Å². The van der Waals surface area contributed by atoms with Crippen molar-refractivity contribution < 1.29 is 14.4 Å². The number of ether oxygens (including phenoxy) is 2. The third kappa shape index (κ3) is 5.12. The average Bonchev–Trinajstić information content (AvgIpc) is 2.44. The lowest BCUT2D eigenvalue weighted by Gasteiger charge is -2.28. The van der Waals surface area contributed by atoms with Crippen LogP contribution in [0.2, 0.25) is 0 Å². The molecule has 1 rings (SSSR count). The molecule has 1 aromatic rings.